The number of carboxylic acids is 1. The lowest BCUT2D eigenvalue weighted by atomic mass is 10.0. The van der Waals surface area contributed by atoms with Gasteiger partial charge in [0.25, 0.3) is 0 Å². The van der Waals surface area contributed by atoms with Gasteiger partial charge < -0.3 is 10.2 Å². The lowest BCUT2D eigenvalue weighted by molar-refractivity contribution is 0.0694. The van der Waals surface area contributed by atoms with Crippen LogP contribution in [0.2, 0.25) is 0 Å². The van der Waals surface area contributed by atoms with E-state index < -0.39 is 5.97 Å². The maximum Gasteiger partial charge on any atom is 0.339 e. The topological polar surface area (TPSA) is 81.3 Å². The second kappa shape index (κ2) is 4.60. The van der Waals surface area contributed by atoms with E-state index >= 15 is 0 Å². The maximum absolute atomic E-state index is 10.8. The summed E-state index contributed by atoms with van der Waals surface area (Å²) in [5.41, 5.74) is 1.92. The first-order valence-corrected chi connectivity index (χ1v) is 5.18. The standard InChI is InChI=1S/C14H9NO3/c15-8-9-1-3-10(4-2-9)11-5-6-12(14(17)18)13(16)7-11/h1-7,16H,(H,17,18). The fraction of sp³-hybridized carbons (Fsp3) is 0. The van der Waals surface area contributed by atoms with Crippen LogP contribution in [0, 0.1) is 11.3 Å². The monoisotopic (exact) mass is 239 g/mol. The number of carboxylic acid groups (broad SMARTS) is 1. The number of phenols is 1. The first kappa shape index (κ1) is 11.7. The summed E-state index contributed by atoms with van der Waals surface area (Å²) >= 11 is 0. The third-order valence-corrected chi connectivity index (χ3v) is 2.58. The first-order chi connectivity index (χ1) is 8.61. The summed E-state index contributed by atoms with van der Waals surface area (Å²) in [6, 6.07) is 13.2. The van der Waals surface area contributed by atoms with Gasteiger partial charge in [-0.1, -0.05) is 18.2 Å². The van der Waals surface area contributed by atoms with Crippen LogP contribution in [0.5, 0.6) is 5.75 Å². The van der Waals surface area contributed by atoms with Crippen molar-refractivity contribution in [2.24, 2.45) is 0 Å². The molecule has 0 heterocycles. The van der Waals surface area contributed by atoms with Crippen molar-refractivity contribution in [2.45, 2.75) is 0 Å². The lowest BCUT2D eigenvalue weighted by Gasteiger charge is -2.04. The minimum atomic E-state index is -1.17. The van der Waals surface area contributed by atoms with Crippen molar-refractivity contribution in [3.8, 4) is 22.9 Å². The lowest BCUT2D eigenvalue weighted by Crippen LogP contribution is -1.96. The molecule has 0 spiro atoms. The van der Waals surface area contributed by atoms with Gasteiger partial charge in [0.1, 0.15) is 11.3 Å². The molecule has 2 aromatic carbocycles. The Labute approximate surface area is 103 Å². The number of carbonyl (C=O) groups is 1. The molecule has 18 heavy (non-hydrogen) atoms. The summed E-state index contributed by atoms with van der Waals surface area (Å²) in [5, 5.41) is 27.1. The molecule has 0 radical (unpaired) electrons. The smallest absolute Gasteiger partial charge is 0.339 e. The van der Waals surface area contributed by atoms with E-state index in [0.29, 0.717) is 11.1 Å². The van der Waals surface area contributed by atoms with Gasteiger partial charge in [0.15, 0.2) is 0 Å². The zero-order valence-electron chi connectivity index (χ0n) is 9.29. The molecule has 0 aliphatic heterocycles. The first-order valence-electron chi connectivity index (χ1n) is 5.18. The average molecular weight is 239 g/mol. The Kier molecular flexibility index (Phi) is 2.98. The molecule has 88 valence electrons. The molecule has 0 aromatic heterocycles. The molecule has 4 nitrogen and oxygen atoms in total. The Morgan fingerprint density at radius 3 is 2.17 bits per heavy atom. The van der Waals surface area contributed by atoms with Crippen LogP contribution in [0.4, 0.5) is 0 Å². The average Bonchev–Trinajstić information content (AvgIpc) is 2.38. The van der Waals surface area contributed by atoms with Gasteiger partial charge in [0, 0.05) is 0 Å². The number of rotatable bonds is 2. The van der Waals surface area contributed by atoms with Crippen LogP contribution < -0.4 is 0 Å². The van der Waals surface area contributed by atoms with Crippen molar-refractivity contribution >= 4 is 5.97 Å². The molecular weight excluding hydrogens is 230 g/mol. The molecule has 0 fully saturated rings. The fourth-order valence-corrected chi connectivity index (χ4v) is 1.63. The fourth-order valence-electron chi connectivity index (χ4n) is 1.63. The molecular formula is C14H9NO3. The quantitative estimate of drug-likeness (QED) is 0.844. The predicted molar refractivity (Wildman–Crippen MR) is 65.2 cm³/mol. The van der Waals surface area contributed by atoms with Crippen LogP contribution in [-0.2, 0) is 0 Å². The molecule has 0 saturated carbocycles. The second-order valence-corrected chi connectivity index (χ2v) is 3.73. The van der Waals surface area contributed by atoms with Gasteiger partial charge in [0.2, 0.25) is 0 Å². The minimum Gasteiger partial charge on any atom is -0.507 e. The van der Waals surface area contributed by atoms with E-state index in [1.165, 1.54) is 12.1 Å². The molecule has 2 aromatic rings. The third kappa shape index (κ3) is 2.15. The van der Waals surface area contributed by atoms with E-state index in [1.54, 1.807) is 30.3 Å². The summed E-state index contributed by atoms with van der Waals surface area (Å²) in [7, 11) is 0. The molecule has 0 aliphatic carbocycles. The Bertz CT molecular complexity index is 639. The number of hydrogen-bond acceptors (Lipinski definition) is 3. The van der Waals surface area contributed by atoms with E-state index in [9.17, 15) is 9.90 Å². The van der Waals surface area contributed by atoms with Gasteiger partial charge in [-0.25, -0.2) is 4.79 Å². The number of aromatic carboxylic acids is 1. The molecule has 0 saturated heterocycles. The normalized spacial score (nSPS) is 9.72. The number of nitrogens with zero attached hydrogens (tertiary/aromatic N) is 1. The summed E-state index contributed by atoms with van der Waals surface area (Å²) in [4.78, 5) is 10.8. The van der Waals surface area contributed by atoms with Crippen molar-refractivity contribution < 1.29 is 15.0 Å². The summed E-state index contributed by atoms with van der Waals surface area (Å²) in [5.74, 6) is -1.44. The zero-order chi connectivity index (χ0) is 13.1. The Balaban J connectivity index is 2.42. The largest absolute Gasteiger partial charge is 0.507 e. The van der Waals surface area contributed by atoms with Crippen LogP contribution >= 0.6 is 0 Å². The minimum absolute atomic E-state index is 0.132. The van der Waals surface area contributed by atoms with Crippen LogP contribution in [0.3, 0.4) is 0 Å². The van der Waals surface area contributed by atoms with Crippen molar-refractivity contribution in [3.05, 3.63) is 53.6 Å². The molecule has 0 aliphatic rings. The molecule has 0 unspecified atom stereocenters. The Morgan fingerprint density at radius 2 is 1.67 bits per heavy atom. The van der Waals surface area contributed by atoms with Crippen LogP contribution in [0.15, 0.2) is 42.5 Å². The van der Waals surface area contributed by atoms with E-state index in [2.05, 4.69) is 0 Å². The maximum atomic E-state index is 10.8. The van der Waals surface area contributed by atoms with Gasteiger partial charge in [-0.05, 0) is 35.4 Å². The van der Waals surface area contributed by atoms with Gasteiger partial charge >= 0.3 is 5.97 Å². The molecule has 0 amide bonds. The van der Waals surface area contributed by atoms with Gasteiger partial charge in [-0.15, -0.1) is 0 Å². The number of benzene rings is 2. The Morgan fingerprint density at radius 1 is 1.06 bits per heavy atom. The van der Waals surface area contributed by atoms with Gasteiger partial charge in [-0.2, -0.15) is 5.26 Å². The van der Waals surface area contributed by atoms with Gasteiger partial charge in [-0.3, -0.25) is 0 Å². The number of nitriles is 1. The Hall–Kier alpha value is -2.80. The van der Waals surface area contributed by atoms with Crippen molar-refractivity contribution in [1.29, 1.82) is 5.26 Å². The highest BCUT2D eigenvalue weighted by molar-refractivity contribution is 5.91. The highest BCUT2D eigenvalue weighted by Crippen LogP contribution is 2.26. The van der Waals surface area contributed by atoms with Crippen molar-refractivity contribution in [3.63, 3.8) is 0 Å². The molecule has 0 atom stereocenters. The summed E-state index contributed by atoms with van der Waals surface area (Å²) in [6.45, 7) is 0. The highest BCUT2D eigenvalue weighted by atomic mass is 16.4. The number of aromatic hydroxyl groups is 1. The molecule has 2 N–H and O–H groups in total. The second-order valence-electron chi connectivity index (χ2n) is 3.73. The number of hydrogen-bond donors (Lipinski definition) is 2. The van der Waals surface area contributed by atoms with E-state index in [1.807, 2.05) is 6.07 Å². The van der Waals surface area contributed by atoms with Crippen molar-refractivity contribution in [2.75, 3.05) is 0 Å². The van der Waals surface area contributed by atoms with E-state index in [0.717, 1.165) is 5.56 Å². The summed E-state index contributed by atoms with van der Waals surface area (Å²) < 4.78 is 0. The predicted octanol–water partition coefficient (Wildman–Crippen LogP) is 2.63. The van der Waals surface area contributed by atoms with Gasteiger partial charge in [0.05, 0.1) is 11.6 Å². The molecule has 0 bridgehead atoms. The van der Waals surface area contributed by atoms with E-state index in [-0.39, 0.29) is 11.3 Å². The third-order valence-electron chi connectivity index (χ3n) is 2.58. The van der Waals surface area contributed by atoms with Crippen LogP contribution in [0.1, 0.15) is 15.9 Å². The van der Waals surface area contributed by atoms with Crippen LogP contribution in [0.25, 0.3) is 11.1 Å². The highest BCUT2D eigenvalue weighted by Gasteiger charge is 2.10. The van der Waals surface area contributed by atoms with Crippen LogP contribution in [-0.4, -0.2) is 16.2 Å². The van der Waals surface area contributed by atoms with Crippen molar-refractivity contribution in [1.82, 2.24) is 0 Å². The SMILES string of the molecule is N#Cc1ccc(-c2ccc(C(=O)O)c(O)c2)cc1. The molecule has 2 rings (SSSR count). The molecule has 4 heteroatoms. The summed E-state index contributed by atoms with van der Waals surface area (Å²) in [6.07, 6.45) is 0. The zero-order valence-corrected chi connectivity index (χ0v) is 9.29. The van der Waals surface area contributed by atoms with E-state index in [4.69, 9.17) is 10.4 Å².